The second-order valence-electron chi connectivity index (χ2n) is 8.84. The SMILES string of the molecule is CCCCCCCN(CCc1ccc(OC(C)(CC)C(=O)O)cc1)C(=O)Nc1ccc(F)cc1F. The van der Waals surface area contributed by atoms with Crippen molar-refractivity contribution in [3.05, 3.63) is 59.7 Å². The highest BCUT2D eigenvalue weighted by Crippen LogP contribution is 2.23. The third-order valence-electron chi connectivity index (χ3n) is 6.06. The molecule has 0 spiro atoms. The van der Waals surface area contributed by atoms with E-state index < -0.39 is 29.2 Å². The number of carboxylic acids is 1. The number of hydrogen-bond acceptors (Lipinski definition) is 3. The number of carbonyl (C=O) groups is 2. The fourth-order valence-corrected chi connectivity index (χ4v) is 3.52. The van der Waals surface area contributed by atoms with Crippen LogP contribution in [-0.4, -0.2) is 40.7 Å². The predicted octanol–water partition coefficient (Wildman–Crippen LogP) is 6.64. The fraction of sp³-hybridized carbons (Fsp3) is 0.481. The minimum atomic E-state index is -1.30. The lowest BCUT2D eigenvalue weighted by Gasteiger charge is -2.25. The summed E-state index contributed by atoms with van der Waals surface area (Å²) in [5, 5.41) is 11.9. The van der Waals surface area contributed by atoms with E-state index in [1.807, 2.05) is 12.1 Å². The van der Waals surface area contributed by atoms with Gasteiger partial charge in [0, 0.05) is 19.2 Å². The first kappa shape index (κ1) is 28.1. The van der Waals surface area contributed by atoms with Gasteiger partial charge in [-0.05, 0) is 56.0 Å². The van der Waals surface area contributed by atoms with Crippen LogP contribution in [0.1, 0.15) is 64.9 Å². The van der Waals surface area contributed by atoms with Crippen LogP contribution in [0.3, 0.4) is 0 Å². The third-order valence-corrected chi connectivity index (χ3v) is 6.06. The van der Waals surface area contributed by atoms with Gasteiger partial charge in [-0.2, -0.15) is 0 Å². The van der Waals surface area contributed by atoms with Gasteiger partial charge in [-0.25, -0.2) is 18.4 Å². The van der Waals surface area contributed by atoms with Crippen molar-refractivity contribution < 1.29 is 28.2 Å². The first-order valence-corrected chi connectivity index (χ1v) is 12.2. The number of amides is 2. The standard InChI is InChI=1S/C27H36F2N2O4/c1-4-6-7-8-9-17-31(26(34)30-24-15-12-21(28)19-23(24)29)18-16-20-10-13-22(14-11-20)35-27(3,5-2)25(32)33/h10-15,19H,4-9,16-18H2,1-3H3,(H,30,34)(H,32,33). The Morgan fingerprint density at radius 1 is 1.00 bits per heavy atom. The lowest BCUT2D eigenvalue weighted by atomic mass is 10.0. The second-order valence-corrected chi connectivity index (χ2v) is 8.84. The summed E-state index contributed by atoms with van der Waals surface area (Å²) in [5.41, 5.74) is -0.419. The molecule has 0 saturated carbocycles. The quantitative estimate of drug-likeness (QED) is 0.291. The number of ether oxygens (including phenoxy) is 1. The van der Waals surface area contributed by atoms with Crippen molar-refractivity contribution in [2.24, 2.45) is 0 Å². The zero-order valence-electron chi connectivity index (χ0n) is 20.8. The highest BCUT2D eigenvalue weighted by Gasteiger charge is 2.33. The van der Waals surface area contributed by atoms with Crippen LogP contribution in [0.2, 0.25) is 0 Å². The molecule has 0 aliphatic heterocycles. The number of unbranched alkanes of at least 4 members (excludes halogenated alkanes) is 4. The average molecular weight is 491 g/mol. The van der Waals surface area contributed by atoms with Crippen LogP contribution >= 0.6 is 0 Å². The Balaban J connectivity index is 2.02. The first-order valence-electron chi connectivity index (χ1n) is 12.2. The number of halogens is 2. The normalized spacial score (nSPS) is 12.6. The van der Waals surface area contributed by atoms with E-state index in [0.717, 1.165) is 49.8 Å². The number of nitrogens with one attached hydrogen (secondary N) is 1. The first-order chi connectivity index (χ1) is 16.7. The Hall–Kier alpha value is -3.16. The minimum Gasteiger partial charge on any atom is -0.478 e. The lowest BCUT2D eigenvalue weighted by Crippen LogP contribution is -2.40. The maximum atomic E-state index is 14.0. The second kappa shape index (κ2) is 13.7. The largest absolute Gasteiger partial charge is 0.478 e. The van der Waals surface area contributed by atoms with E-state index in [4.69, 9.17) is 4.74 Å². The summed E-state index contributed by atoms with van der Waals surface area (Å²) in [6.07, 6.45) is 6.05. The van der Waals surface area contributed by atoms with Crippen molar-refractivity contribution in [1.29, 1.82) is 0 Å². The summed E-state index contributed by atoms with van der Waals surface area (Å²) in [5.74, 6) is -2.10. The third kappa shape index (κ3) is 8.85. The van der Waals surface area contributed by atoms with Gasteiger partial charge in [0.15, 0.2) is 0 Å². The molecule has 2 rings (SSSR count). The zero-order valence-corrected chi connectivity index (χ0v) is 20.8. The molecule has 0 saturated heterocycles. The number of anilines is 1. The molecule has 8 heteroatoms. The monoisotopic (exact) mass is 490 g/mol. The van der Waals surface area contributed by atoms with Crippen LogP contribution in [-0.2, 0) is 11.2 Å². The number of urea groups is 1. The zero-order chi connectivity index (χ0) is 25.8. The van der Waals surface area contributed by atoms with E-state index in [1.54, 1.807) is 24.0 Å². The van der Waals surface area contributed by atoms with E-state index in [9.17, 15) is 23.5 Å². The van der Waals surface area contributed by atoms with Crippen LogP contribution in [0.5, 0.6) is 5.75 Å². The molecule has 2 N–H and O–H groups in total. The molecule has 2 amide bonds. The smallest absolute Gasteiger partial charge is 0.347 e. The van der Waals surface area contributed by atoms with Crippen LogP contribution in [0.4, 0.5) is 19.3 Å². The van der Waals surface area contributed by atoms with Crippen LogP contribution in [0.25, 0.3) is 0 Å². The maximum absolute atomic E-state index is 14.0. The minimum absolute atomic E-state index is 0.0636. The summed E-state index contributed by atoms with van der Waals surface area (Å²) in [4.78, 5) is 26.0. The molecule has 0 fully saturated rings. The van der Waals surface area contributed by atoms with Crippen molar-refractivity contribution in [3.8, 4) is 5.75 Å². The molecule has 192 valence electrons. The van der Waals surface area contributed by atoms with Gasteiger partial charge in [-0.1, -0.05) is 51.7 Å². The maximum Gasteiger partial charge on any atom is 0.347 e. The molecule has 35 heavy (non-hydrogen) atoms. The van der Waals surface area contributed by atoms with E-state index in [1.165, 1.54) is 13.0 Å². The van der Waals surface area contributed by atoms with Gasteiger partial charge in [0.05, 0.1) is 5.69 Å². The molecule has 6 nitrogen and oxygen atoms in total. The van der Waals surface area contributed by atoms with Gasteiger partial charge in [0.1, 0.15) is 17.4 Å². The Kier molecular flexibility index (Phi) is 11.0. The van der Waals surface area contributed by atoms with Gasteiger partial charge >= 0.3 is 12.0 Å². The van der Waals surface area contributed by atoms with Gasteiger partial charge in [0.2, 0.25) is 5.60 Å². The van der Waals surface area contributed by atoms with Crippen molar-refractivity contribution in [1.82, 2.24) is 4.90 Å². The lowest BCUT2D eigenvalue weighted by molar-refractivity contribution is -0.154. The molecular formula is C27H36F2N2O4. The number of hydrogen-bond donors (Lipinski definition) is 2. The molecule has 1 atom stereocenters. The number of nitrogens with zero attached hydrogens (tertiary/aromatic N) is 1. The summed E-state index contributed by atoms with van der Waals surface area (Å²) in [6.45, 7) is 6.35. The molecule has 0 aromatic heterocycles. The van der Waals surface area contributed by atoms with Crippen LogP contribution in [0, 0.1) is 11.6 Å². The summed E-state index contributed by atoms with van der Waals surface area (Å²) in [6, 6.07) is 9.72. The molecule has 1 unspecified atom stereocenters. The molecule has 0 aliphatic rings. The molecule has 0 radical (unpaired) electrons. The molecule has 0 heterocycles. The van der Waals surface area contributed by atoms with Crippen molar-refractivity contribution in [3.63, 3.8) is 0 Å². The number of rotatable bonds is 14. The number of carboxylic acid groups (broad SMARTS) is 1. The van der Waals surface area contributed by atoms with Crippen molar-refractivity contribution >= 4 is 17.7 Å². The number of benzene rings is 2. The van der Waals surface area contributed by atoms with Crippen molar-refractivity contribution in [2.45, 2.75) is 71.3 Å². The highest BCUT2D eigenvalue weighted by atomic mass is 19.1. The van der Waals surface area contributed by atoms with Gasteiger partial charge < -0.3 is 20.1 Å². The van der Waals surface area contributed by atoms with E-state index in [0.29, 0.717) is 31.7 Å². The summed E-state index contributed by atoms with van der Waals surface area (Å²) in [7, 11) is 0. The highest BCUT2D eigenvalue weighted by molar-refractivity contribution is 5.89. The molecule has 2 aromatic rings. The van der Waals surface area contributed by atoms with Crippen molar-refractivity contribution in [2.75, 3.05) is 18.4 Å². The van der Waals surface area contributed by atoms with E-state index in [2.05, 4.69) is 12.2 Å². The van der Waals surface area contributed by atoms with Gasteiger partial charge in [0.25, 0.3) is 0 Å². The average Bonchev–Trinajstić information content (AvgIpc) is 2.83. The topological polar surface area (TPSA) is 78.9 Å². The Morgan fingerprint density at radius 2 is 1.69 bits per heavy atom. The fourth-order valence-electron chi connectivity index (χ4n) is 3.52. The number of aliphatic carboxylic acids is 1. The molecule has 2 aromatic carbocycles. The summed E-state index contributed by atoms with van der Waals surface area (Å²) >= 11 is 0. The molecule has 0 aliphatic carbocycles. The Labute approximate surface area is 206 Å². The number of carbonyl (C=O) groups excluding carboxylic acids is 1. The Morgan fingerprint density at radius 3 is 2.29 bits per heavy atom. The summed E-state index contributed by atoms with van der Waals surface area (Å²) < 4.78 is 32.9. The van der Waals surface area contributed by atoms with Gasteiger partial charge in [-0.15, -0.1) is 0 Å². The Bertz CT molecular complexity index is 968. The van der Waals surface area contributed by atoms with E-state index in [-0.39, 0.29) is 5.69 Å². The predicted molar refractivity (Wildman–Crippen MR) is 133 cm³/mol. The van der Waals surface area contributed by atoms with Gasteiger partial charge in [-0.3, -0.25) is 0 Å². The molecule has 0 bridgehead atoms. The van der Waals surface area contributed by atoms with Crippen LogP contribution < -0.4 is 10.1 Å². The van der Waals surface area contributed by atoms with E-state index >= 15 is 0 Å². The van der Waals surface area contributed by atoms with Crippen LogP contribution in [0.15, 0.2) is 42.5 Å². The molecular weight excluding hydrogens is 454 g/mol.